The van der Waals surface area contributed by atoms with Crippen LogP contribution in [0, 0.1) is 13.8 Å². The standard InChI is InChI=1S/C21H20N2O2/c1-13-10-15(24-3)8-9-18(13)23-12-14(2)17-11-22-20-16(21(17)23)6-5-7-19(20)25-4/h5-12H,1-4H3. The fourth-order valence-electron chi connectivity index (χ4n) is 3.44. The lowest BCUT2D eigenvalue weighted by Gasteiger charge is -2.13. The zero-order chi connectivity index (χ0) is 17.6. The van der Waals surface area contributed by atoms with Crippen molar-refractivity contribution in [2.75, 3.05) is 14.2 Å². The number of aromatic nitrogens is 2. The summed E-state index contributed by atoms with van der Waals surface area (Å²) < 4.78 is 13.1. The van der Waals surface area contributed by atoms with Gasteiger partial charge in [-0.25, -0.2) is 0 Å². The van der Waals surface area contributed by atoms with Gasteiger partial charge in [0.1, 0.15) is 17.0 Å². The summed E-state index contributed by atoms with van der Waals surface area (Å²) in [6.45, 7) is 4.22. The molecule has 2 aromatic heterocycles. The first-order valence-electron chi connectivity index (χ1n) is 8.22. The Labute approximate surface area is 146 Å². The van der Waals surface area contributed by atoms with E-state index < -0.39 is 0 Å². The van der Waals surface area contributed by atoms with E-state index in [0.29, 0.717) is 0 Å². The molecule has 4 aromatic rings. The molecule has 0 spiro atoms. The molecule has 4 rings (SSSR count). The van der Waals surface area contributed by atoms with Gasteiger partial charge in [-0.15, -0.1) is 0 Å². The highest BCUT2D eigenvalue weighted by Crippen LogP contribution is 2.34. The summed E-state index contributed by atoms with van der Waals surface area (Å²) in [4.78, 5) is 4.64. The number of para-hydroxylation sites is 1. The van der Waals surface area contributed by atoms with Crippen molar-refractivity contribution >= 4 is 21.8 Å². The minimum Gasteiger partial charge on any atom is -0.497 e. The van der Waals surface area contributed by atoms with Crippen molar-refractivity contribution in [3.63, 3.8) is 0 Å². The first-order chi connectivity index (χ1) is 12.1. The van der Waals surface area contributed by atoms with Crippen LogP contribution in [0.2, 0.25) is 0 Å². The van der Waals surface area contributed by atoms with Gasteiger partial charge in [-0.2, -0.15) is 0 Å². The molecule has 0 amide bonds. The zero-order valence-electron chi connectivity index (χ0n) is 14.8. The molecule has 0 saturated carbocycles. The normalized spacial score (nSPS) is 11.2. The Bertz CT molecular complexity index is 1100. The van der Waals surface area contributed by atoms with Crippen LogP contribution in [0.5, 0.6) is 11.5 Å². The van der Waals surface area contributed by atoms with Gasteiger partial charge in [-0.3, -0.25) is 4.98 Å². The summed E-state index contributed by atoms with van der Waals surface area (Å²) in [5, 5.41) is 2.23. The van der Waals surface area contributed by atoms with E-state index in [1.54, 1.807) is 14.2 Å². The number of methoxy groups -OCH3 is 2. The minimum atomic E-state index is 0.788. The summed E-state index contributed by atoms with van der Waals surface area (Å²) in [5.41, 5.74) is 5.51. The number of pyridine rings is 1. The Morgan fingerprint density at radius 1 is 0.920 bits per heavy atom. The summed E-state index contributed by atoms with van der Waals surface area (Å²) in [6.07, 6.45) is 4.10. The van der Waals surface area contributed by atoms with Crippen LogP contribution in [0.25, 0.3) is 27.5 Å². The lowest BCUT2D eigenvalue weighted by molar-refractivity contribution is 0.414. The predicted molar refractivity (Wildman–Crippen MR) is 101 cm³/mol. The molecule has 4 heteroatoms. The summed E-state index contributed by atoms with van der Waals surface area (Å²) in [7, 11) is 3.37. The molecule has 0 aliphatic heterocycles. The Balaban J connectivity index is 2.10. The van der Waals surface area contributed by atoms with Crippen molar-refractivity contribution < 1.29 is 9.47 Å². The number of benzene rings is 2. The zero-order valence-corrected chi connectivity index (χ0v) is 14.8. The highest BCUT2D eigenvalue weighted by atomic mass is 16.5. The molecule has 2 aromatic carbocycles. The van der Waals surface area contributed by atoms with Gasteiger partial charge >= 0.3 is 0 Å². The maximum atomic E-state index is 5.49. The molecular weight excluding hydrogens is 312 g/mol. The third-order valence-electron chi connectivity index (χ3n) is 4.70. The highest BCUT2D eigenvalue weighted by Gasteiger charge is 2.15. The number of nitrogens with zero attached hydrogens (tertiary/aromatic N) is 2. The molecule has 0 unspecified atom stereocenters. The van der Waals surface area contributed by atoms with Gasteiger partial charge in [0.05, 0.1) is 19.7 Å². The third-order valence-corrected chi connectivity index (χ3v) is 4.70. The summed E-state index contributed by atoms with van der Waals surface area (Å²) in [6, 6.07) is 12.2. The van der Waals surface area contributed by atoms with Crippen LogP contribution in [-0.4, -0.2) is 23.8 Å². The molecule has 0 fully saturated rings. The Morgan fingerprint density at radius 2 is 1.76 bits per heavy atom. The average Bonchev–Trinajstić information content (AvgIpc) is 2.98. The third kappa shape index (κ3) is 2.33. The molecule has 0 radical (unpaired) electrons. The van der Waals surface area contributed by atoms with E-state index in [2.05, 4.69) is 47.8 Å². The summed E-state index contributed by atoms with van der Waals surface area (Å²) in [5.74, 6) is 1.65. The van der Waals surface area contributed by atoms with Crippen LogP contribution < -0.4 is 9.47 Å². The smallest absolute Gasteiger partial charge is 0.145 e. The SMILES string of the molecule is COc1ccc(-n2cc(C)c3cnc4c(OC)cccc4c32)c(C)c1. The quantitative estimate of drug-likeness (QED) is 0.540. The van der Waals surface area contributed by atoms with Gasteiger partial charge in [-0.05, 0) is 49.2 Å². The van der Waals surface area contributed by atoms with Crippen LogP contribution in [0.1, 0.15) is 11.1 Å². The minimum absolute atomic E-state index is 0.788. The van der Waals surface area contributed by atoms with Crippen LogP contribution in [-0.2, 0) is 0 Å². The van der Waals surface area contributed by atoms with Crippen molar-refractivity contribution in [3.05, 3.63) is 59.9 Å². The number of ether oxygens (including phenoxy) is 2. The van der Waals surface area contributed by atoms with E-state index in [1.807, 2.05) is 24.4 Å². The fourth-order valence-corrected chi connectivity index (χ4v) is 3.44. The molecule has 4 nitrogen and oxygen atoms in total. The molecular formula is C21H20N2O2. The molecule has 0 bridgehead atoms. The van der Waals surface area contributed by atoms with Gasteiger partial charge in [0, 0.05) is 28.9 Å². The molecule has 0 saturated heterocycles. The lowest BCUT2D eigenvalue weighted by atomic mass is 10.1. The largest absolute Gasteiger partial charge is 0.497 e. The van der Waals surface area contributed by atoms with Crippen LogP contribution in [0.3, 0.4) is 0 Å². The highest BCUT2D eigenvalue weighted by molar-refractivity contribution is 6.07. The first-order valence-corrected chi connectivity index (χ1v) is 8.22. The van der Waals surface area contributed by atoms with Crippen molar-refractivity contribution in [1.29, 1.82) is 0 Å². The molecule has 25 heavy (non-hydrogen) atoms. The molecule has 0 N–H and O–H groups in total. The lowest BCUT2D eigenvalue weighted by Crippen LogP contribution is -1.97. The number of fused-ring (bicyclic) bond motifs is 3. The Morgan fingerprint density at radius 3 is 2.48 bits per heavy atom. The van der Waals surface area contributed by atoms with Crippen LogP contribution in [0.15, 0.2) is 48.8 Å². The second-order valence-corrected chi connectivity index (χ2v) is 6.21. The van der Waals surface area contributed by atoms with E-state index in [1.165, 1.54) is 5.56 Å². The molecule has 126 valence electrons. The van der Waals surface area contributed by atoms with Crippen LogP contribution in [0.4, 0.5) is 0 Å². The monoisotopic (exact) mass is 332 g/mol. The topological polar surface area (TPSA) is 36.3 Å². The molecule has 0 aliphatic carbocycles. The molecule has 0 atom stereocenters. The molecule has 0 aliphatic rings. The second-order valence-electron chi connectivity index (χ2n) is 6.21. The van der Waals surface area contributed by atoms with Gasteiger partial charge < -0.3 is 14.0 Å². The number of rotatable bonds is 3. The average molecular weight is 332 g/mol. The van der Waals surface area contributed by atoms with Crippen molar-refractivity contribution in [3.8, 4) is 17.2 Å². The molecule has 2 heterocycles. The van der Waals surface area contributed by atoms with Gasteiger partial charge in [-0.1, -0.05) is 12.1 Å². The van der Waals surface area contributed by atoms with Crippen molar-refractivity contribution in [2.45, 2.75) is 13.8 Å². The van der Waals surface area contributed by atoms with E-state index in [9.17, 15) is 0 Å². The first kappa shape index (κ1) is 15.5. The Hall–Kier alpha value is -3.01. The summed E-state index contributed by atoms with van der Waals surface area (Å²) >= 11 is 0. The van der Waals surface area contributed by atoms with Gasteiger partial charge in [0.2, 0.25) is 0 Å². The van der Waals surface area contributed by atoms with Gasteiger partial charge in [0.25, 0.3) is 0 Å². The van der Waals surface area contributed by atoms with Crippen molar-refractivity contribution in [1.82, 2.24) is 9.55 Å². The maximum Gasteiger partial charge on any atom is 0.145 e. The van der Waals surface area contributed by atoms with Crippen LogP contribution >= 0.6 is 0 Å². The van der Waals surface area contributed by atoms with E-state index in [4.69, 9.17) is 9.47 Å². The van der Waals surface area contributed by atoms with E-state index in [0.717, 1.165) is 44.6 Å². The fraction of sp³-hybridized carbons (Fsp3) is 0.190. The van der Waals surface area contributed by atoms with E-state index in [-0.39, 0.29) is 0 Å². The Kier molecular flexibility index (Phi) is 3.61. The van der Waals surface area contributed by atoms with Crippen molar-refractivity contribution in [2.24, 2.45) is 0 Å². The number of hydrogen-bond donors (Lipinski definition) is 0. The predicted octanol–water partition coefficient (Wildman–Crippen LogP) is 4.81. The second kappa shape index (κ2) is 5.81. The number of hydrogen-bond acceptors (Lipinski definition) is 3. The van der Waals surface area contributed by atoms with Gasteiger partial charge in [0.15, 0.2) is 0 Å². The number of aryl methyl sites for hydroxylation is 2. The van der Waals surface area contributed by atoms with E-state index >= 15 is 0 Å². The maximum absolute atomic E-state index is 5.49.